The van der Waals surface area contributed by atoms with E-state index in [9.17, 15) is 0 Å². The molecule has 0 amide bonds. The van der Waals surface area contributed by atoms with Gasteiger partial charge < -0.3 is 10.1 Å². The Morgan fingerprint density at radius 3 is 2.68 bits per heavy atom. The third kappa shape index (κ3) is 4.32. The molecule has 1 saturated heterocycles. The van der Waals surface area contributed by atoms with Crippen LogP contribution in [0.5, 0.6) is 0 Å². The monoisotopic (exact) mass is 261 g/mol. The Balaban J connectivity index is 1.97. The van der Waals surface area contributed by atoms with Gasteiger partial charge in [0.15, 0.2) is 0 Å². The van der Waals surface area contributed by atoms with E-state index in [0.717, 1.165) is 13.0 Å². The van der Waals surface area contributed by atoms with Crippen LogP contribution in [0.3, 0.4) is 0 Å². The van der Waals surface area contributed by atoms with E-state index in [1.54, 1.807) is 0 Å². The first-order chi connectivity index (χ1) is 9.31. The largest absolute Gasteiger partial charge is 0.377 e. The minimum Gasteiger partial charge on any atom is -0.377 e. The van der Waals surface area contributed by atoms with Crippen molar-refractivity contribution in [2.75, 3.05) is 6.61 Å². The number of ether oxygens (including phenoxy) is 1. The maximum Gasteiger partial charge on any atom is 0.0700 e. The first kappa shape index (κ1) is 14.5. The maximum atomic E-state index is 5.67. The molecule has 0 saturated carbocycles. The van der Waals surface area contributed by atoms with Gasteiger partial charge in [-0.2, -0.15) is 0 Å². The molecule has 0 bridgehead atoms. The van der Waals surface area contributed by atoms with Crippen molar-refractivity contribution < 1.29 is 4.74 Å². The van der Waals surface area contributed by atoms with Crippen LogP contribution in [0.15, 0.2) is 30.3 Å². The second-order valence-corrected chi connectivity index (χ2v) is 5.60. The fourth-order valence-corrected chi connectivity index (χ4v) is 2.84. The molecule has 1 fully saturated rings. The Hall–Kier alpha value is -0.860. The van der Waals surface area contributed by atoms with Crippen molar-refractivity contribution in [3.63, 3.8) is 0 Å². The minimum absolute atomic E-state index is 0.345. The van der Waals surface area contributed by atoms with Gasteiger partial charge >= 0.3 is 0 Å². The Bertz CT molecular complexity index is 352. The lowest BCUT2D eigenvalue weighted by molar-refractivity contribution is 0.110. The van der Waals surface area contributed by atoms with Crippen molar-refractivity contribution >= 4 is 0 Å². The van der Waals surface area contributed by atoms with Gasteiger partial charge in [-0.25, -0.2) is 0 Å². The normalized spacial score (nSPS) is 24.5. The topological polar surface area (TPSA) is 21.3 Å². The van der Waals surface area contributed by atoms with Crippen LogP contribution in [0.4, 0.5) is 0 Å². The molecule has 2 rings (SSSR count). The molecule has 3 atom stereocenters. The number of hydrogen-bond acceptors (Lipinski definition) is 2. The Morgan fingerprint density at radius 2 is 2.05 bits per heavy atom. The van der Waals surface area contributed by atoms with Gasteiger partial charge in [-0.1, -0.05) is 56.5 Å². The van der Waals surface area contributed by atoms with Crippen LogP contribution < -0.4 is 5.32 Å². The van der Waals surface area contributed by atoms with Crippen molar-refractivity contribution in [1.29, 1.82) is 0 Å². The Kier molecular flexibility index (Phi) is 5.87. The number of benzene rings is 1. The van der Waals surface area contributed by atoms with Crippen molar-refractivity contribution in [3.05, 3.63) is 35.9 Å². The molecule has 19 heavy (non-hydrogen) atoms. The maximum absolute atomic E-state index is 5.67. The average Bonchev–Trinajstić information content (AvgIpc) is 2.84. The summed E-state index contributed by atoms with van der Waals surface area (Å²) in [4.78, 5) is 0. The number of hydrogen-bond donors (Lipinski definition) is 1. The summed E-state index contributed by atoms with van der Waals surface area (Å²) < 4.78 is 5.67. The van der Waals surface area contributed by atoms with Gasteiger partial charge in [-0.3, -0.25) is 0 Å². The highest BCUT2D eigenvalue weighted by Crippen LogP contribution is 2.23. The summed E-state index contributed by atoms with van der Waals surface area (Å²) in [5.41, 5.74) is 1.41. The molecular weight excluding hydrogens is 234 g/mol. The van der Waals surface area contributed by atoms with Gasteiger partial charge in [0.05, 0.1) is 6.10 Å². The summed E-state index contributed by atoms with van der Waals surface area (Å²) >= 11 is 0. The summed E-state index contributed by atoms with van der Waals surface area (Å²) in [6, 6.07) is 11.8. The molecule has 1 aliphatic heterocycles. The summed E-state index contributed by atoms with van der Waals surface area (Å²) in [6.45, 7) is 5.34. The van der Waals surface area contributed by atoms with Gasteiger partial charge in [0, 0.05) is 18.7 Å². The molecule has 1 aromatic carbocycles. The minimum atomic E-state index is 0.345. The molecule has 3 unspecified atom stereocenters. The fraction of sp³-hybridized carbons (Fsp3) is 0.647. The van der Waals surface area contributed by atoms with E-state index in [1.165, 1.54) is 31.2 Å². The van der Waals surface area contributed by atoms with Crippen molar-refractivity contribution in [1.82, 2.24) is 5.32 Å². The van der Waals surface area contributed by atoms with Gasteiger partial charge in [-0.05, 0) is 25.3 Å². The van der Waals surface area contributed by atoms with E-state index in [1.807, 2.05) is 0 Å². The molecule has 1 aliphatic rings. The van der Waals surface area contributed by atoms with E-state index < -0.39 is 0 Å². The summed E-state index contributed by atoms with van der Waals surface area (Å²) in [7, 11) is 0. The molecule has 2 heteroatoms. The highest BCUT2D eigenvalue weighted by molar-refractivity contribution is 5.19. The average molecular weight is 261 g/mol. The first-order valence-electron chi connectivity index (χ1n) is 7.74. The SMILES string of the molecule is CCCCCC(NC1CCOC1C)c1ccccc1. The molecule has 1 aromatic rings. The van der Waals surface area contributed by atoms with E-state index in [0.29, 0.717) is 18.2 Å². The molecule has 106 valence electrons. The molecule has 1 heterocycles. The highest BCUT2D eigenvalue weighted by Gasteiger charge is 2.26. The van der Waals surface area contributed by atoms with E-state index >= 15 is 0 Å². The van der Waals surface area contributed by atoms with Crippen LogP contribution in [0, 0.1) is 0 Å². The smallest absolute Gasteiger partial charge is 0.0700 e. The quantitative estimate of drug-likeness (QED) is 0.747. The molecule has 0 spiro atoms. The van der Waals surface area contributed by atoms with Crippen molar-refractivity contribution in [2.45, 2.75) is 64.1 Å². The summed E-state index contributed by atoms with van der Waals surface area (Å²) in [6.07, 6.45) is 6.61. The zero-order valence-corrected chi connectivity index (χ0v) is 12.3. The van der Waals surface area contributed by atoms with Gasteiger partial charge in [0.2, 0.25) is 0 Å². The van der Waals surface area contributed by atoms with Crippen LogP contribution in [-0.2, 0) is 4.74 Å². The second-order valence-electron chi connectivity index (χ2n) is 5.60. The lowest BCUT2D eigenvalue weighted by atomic mass is 9.98. The van der Waals surface area contributed by atoms with Crippen LogP contribution in [0.2, 0.25) is 0 Å². The third-order valence-electron chi connectivity index (χ3n) is 4.09. The van der Waals surface area contributed by atoms with E-state index in [-0.39, 0.29) is 0 Å². The molecule has 0 aliphatic carbocycles. The predicted molar refractivity (Wildman–Crippen MR) is 80.3 cm³/mol. The number of unbranched alkanes of at least 4 members (excludes halogenated alkanes) is 2. The molecular formula is C17H27NO. The predicted octanol–water partition coefficient (Wildman–Crippen LogP) is 4.08. The fourth-order valence-electron chi connectivity index (χ4n) is 2.84. The molecule has 1 N–H and O–H groups in total. The van der Waals surface area contributed by atoms with Crippen molar-refractivity contribution in [3.8, 4) is 0 Å². The number of nitrogens with one attached hydrogen (secondary N) is 1. The van der Waals surface area contributed by atoms with E-state index in [2.05, 4.69) is 49.5 Å². The lowest BCUT2D eigenvalue weighted by Gasteiger charge is -2.25. The Labute approximate surface area is 117 Å². The lowest BCUT2D eigenvalue weighted by Crippen LogP contribution is -2.37. The van der Waals surface area contributed by atoms with Crippen molar-refractivity contribution in [2.24, 2.45) is 0 Å². The standard InChI is InChI=1S/C17H27NO/c1-3-4-6-11-17(15-9-7-5-8-10-15)18-16-12-13-19-14(16)2/h5,7-10,14,16-18H,3-4,6,11-13H2,1-2H3. The first-order valence-corrected chi connectivity index (χ1v) is 7.74. The molecule has 0 radical (unpaired) electrons. The highest BCUT2D eigenvalue weighted by atomic mass is 16.5. The van der Waals surface area contributed by atoms with Crippen LogP contribution in [-0.4, -0.2) is 18.8 Å². The van der Waals surface area contributed by atoms with Gasteiger partial charge in [0.1, 0.15) is 0 Å². The molecule has 2 nitrogen and oxygen atoms in total. The van der Waals surface area contributed by atoms with Crippen LogP contribution in [0.25, 0.3) is 0 Å². The molecule has 0 aromatic heterocycles. The van der Waals surface area contributed by atoms with Gasteiger partial charge in [-0.15, -0.1) is 0 Å². The zero-order chi connectivity index (χ0) is 13.5. The third-order valence-corrected chi connectivity index (χ3v) is 4.09. The summed E-state index contributed by atoms with van der Waals surface area (Å²) in [5, 5.41) is 3.82. The summed E-state index contributed by atoms with van der Waals surface area (Å²) in [5.74, 6) is 0. The van der Waals surface area contributed by atoms with Crippen LogP contribution in [0.1, 0.15) is 57.6 Å². The second kappa shape index (κ2) is 7.66. The zero-order valence-electron chi connectivity index (χ0n) is 12.3. The van der Waals surface area contributed by atoms with Crippen LogP contribution >= 0.6 is 0 Å². The van der Waals surface area contributed by atoms with E-state index in [4.69, 9.17) is 4.74 Å². The number of rotatable bonds is 7. The Morgan fingerprint density at radius 1 is 1.26 bits per heavy atom. The van der Waals surface area contributed by atoms with Gasteiger partial charge in [0.25, 0.3) is 0 Å².